The molecule has 19 heavy (non-hydrogen) atoms. The highest BCUT2D eigenvalue weighted by atomic mass is 19.1. The third-order valence-electron chi connectivity index (χ3n) is 3.21. The van der Waals surface area contributed by atoms with E-state index in [2.05, 4.69) is 4.90 Å². The molecule has 0 spiro atoms. The van der Waals surface area contributed by atoms with Crippen LogP contribution in [-0.4, -0.2) is 28.6 Å². The van der Waals surface area contributed by atoms with Gasteiger partial charge in [0, 0.05) is 19.1 Å². The summed E-state index contributed by atoms with van der Waals surface area (Å²) in [4.78, 5) is 12.7. The molecule has 1 aliphatic rings. The number of hydrogen-bond donors (Lipinski definition) is 1. The second-order valence-corrected chi connectivity index (χ2v) is 4.77. The number of carboxylic acids is 1. The van der Waals surface area contributed by atoms with E-state index in [0.29, 0.717) is 19.1 Å². The molecule has 100 valence electrons. The van der Waals surface area contributed by atoms with Crippen LogP contribution in [0.4, 0.5) is 4.39 Å². The molecule has 1 saturated carbocycles. The van der Waals surface area contributed by atoms with Gasteiger partial charge < -0.3 is 5.11 Å². The Hall–Kier alpha value is -1.93. The number of halogens is 1. The van der Waals surface area contributed by atoms with Gasteiger partial charge in [0.1, 0.15) is 11.9 Å². The molecule has 1 aliphatic carbocycles. The molecule has 0 saturated heterocycles. The van der Waals surface area contributed by atoms with Crippen molar-refractivity contribution in [1.29, 1.82) is 5.26 Å². The summed E-state index contributed by atoms with van der Waals surface area (Å²) in [5.74, 6) is -1.34. The smallest absolute Gasteiger partial charge is 0.304 e. The van der Waals surface area contributed by atoms with Crippen LogP contribution in [0.1, 0.15) is 30.4 Å². The summed E-state index contributed by atoms with van der Waals surface area (Å²) in [5, 5.41) is 17.5. The Morgan fingerprint density at radius 2 is 2.26 bits per heavy atom. The summed E-state index contributed by atoms with van der Waals surface area (Å²) >= 11 is 0. The molecule has 1 N–H and O–H groups in total. The summed E-state index contributed by atoms with van der Waals surface area (Å²) in [6.45, 7) is 1.05. The van der Waals surface area contributed by atoms with Gasteiger partial charge in [0.15, 0.2) is 0 Å². The quantitative estimate of drug-likeness (QED) is 0.853. The van der Waals surface area contributed by atoms with Crippen molar-refractivity contribution < 1.29 is 14.3 Å². The number of nitriles is 1. The molecule has 0 aliphatic heterocycles. The zero-order valence-corrected chi connectivity index (χ0v) is 10.5. The van der Waals surface area contributed by atoms with E-state index in [1.807, 2.05) is 6.07 Å². The average molecular weight is 262 g/mol. The van der Waals surface area contributed by atoms with Crippen LogP contribution < -0.4 is 0 Å². The summed E-state index contributed by atoms with van der Waals surface area (Å²) in [6.07, 6.45) is 2.25. The molecular formula is C14H15FN2O2. The van der Waals surface area contributed by atoms with Crippen molar-refractivity contribution in [3.05, 3.63) is 35.1 Å². The van der Waals surface area contributed by atoms with Gasteiger partial charge in [-0.25, -0.2) is 4.39 Å². The molecule has 0 amide bonds. The SMILES string of the molecule is N#Cc1cc(CN(CCC(=O)O)C2CC2)ccc1F. The number of hydrogen-bond acceptors (Lipinski definition) is 3. The standard InChI is InChI=1S/C14H15FN2O2/c15-13-4-1-10(7-11(13)8-16)9-17(12-2-3-12)6-5-14(18)19/h1,4,7,12H,2-3,5-6,9H2,(H,18,19). The zero-order chi connectivity index (χ0) is 13.8. The lowest BCUT2D eigenvalue weighted by atomic mass is 10.1. The molecule has 2 rings (SSSR count). The van der Waals surface area contributed by atoms with Gasteiger partial charge in [-0.1, -0.05) is 6.07 Å². The topological polar surface area (TPSA) is 64.3 Å². The molecule has 0 atom stereocenters. The minimum absolute atomic E-state index is 0.0338. The maximum atomic E-state index is 13.2. The molecular weight excluding hydrogens is 247 g/mol. The van der Waals surface area contributed by atoms with E-state index in [0.717, 1.165) is 18.4 Å². The summed E-state index contributed by atoms with van der Waals surface area (Å²) in [7, 11) is 0. The van der Waals surface area contributed by atoms with Gasteiger partial charge in [-0.15, -0.1) is 0 Å². The van der Waals surface area contributed by atoms with Crippen LogP contribution in [0.2, 0.25) is 0 Å². The molecule has 0 heterocycles. The average Bonchev–Trinajstić information content (AvgIpc) is 3.20. The van der Waals surface area contributed by atoms with Crippen molar-refractivity contribution in [2.75, 3.05) is 6.54 Å². The molecule has 1 fully saturated rings. The van der Waals surface area contributed by atoms with E-state index in [4.69, 9.17) is 10.4 Å². The van der Waals surface area contributed by atoms with Crippen LogP contribution in [0.15, 0.2) is 18.2 Å². The first-order valence-corrected chi connectivity index (χ1v) is 6.24. The monoisotopic (exact) mass is 262 g/mol. The van der Waals surface area contributed by atoms with E-state index in [1.165, 1.54) is 12.1 Å². The highest BCUT2D eigenvalue weighted by Crippen LogP contribution is 2.28. The first-order chi connectivity index (χ1) is 9.10. The first kappa shape index (κ1) is 13.5. The number of nitrogens with zero attached hydrogens (tertiary/aromatic N) is 2. The molecule has 0 bridgehead atoms. The van der Waals surface area contributed by atoms with Crippen LogP contribution in [0.5, 0.6) is 0 Å². The van der Waals surface area contributed by atoms with Crippen LogP contribution in [0.3, 0.4) is 0 Å². The fraction of sp³-hybridized carbons (Fsp3) is 0.429. The van der Waals surface area contributed by atoms with Crippen molar-refractivity contribution in [3.8, 4) is 6.07 Å². The van der Waals surface area contributed by atoms with Crippen molar-refractivity contribution in [2.45, 2.75) is 31.8 Å². The third kappa shape index (κ3) is 3.76. The zero-order valence-electron chi connectivity index (χ0n) is 10.5. The Kier molecular flexibility index (Phi) is 4.13. The van der Waals surface area contributed by atoms with Gasteiger partial charge in [0.05, 0.1) is 12.0 Å². The largest absolute Gasteiger partial charge is 0.481 e. The molecule has 5 heteroatoms. The summed E-state index contributed by atoms with van der Waals surface area (Å²) in [6, 6.07) is 6.71. The fourth-order valence-electron chi connectivity index (χ4n) is 2.06. The number of benzene rings is 1. The van der Waals surface area contributed by atoms with Gasteiger partial charge in [-0.05, 0) is 30.5 Å². The second kappa shape index (κ2) is 5.81. The van der Waals surface area contributed by atoms with Gasteiger partial charge in [-0.3, -0.25) is 9.69 Å². The lowest BCUT2D eigenvalue weighted by molar-refractivity contribution is -0.137. The number of aliphatic carboxylic acids is 1. The van der Waals surface area contributed by atoms with Gasteiger partial charge in [0.25, 0.3) is 0 Å². The second-order valence-electron chi connectivity index (χ2n) is 4.77. The van der Waals surface area contributed by atoms with E-state index in [1.54, 1.807) is 6.07 Å². The van der Waals surface area contributed by atoms with E-state index < -0.39 is 11.8 Å². The number of carbonyl (C=O) groups is 1. The highest BCUT2D eigenvalue weighted by Gasteiger charge is 2.29. The van der Waals surface area contributed by atoms with Crippen molar-refractivity contribution >= 4 is 5.97 Å². The predicted molar refractivity (Wildman–Crippen MR) is 66.8 cm³/mol. The molecule has 0 aromatic heterocycles. The molecule has 1 aromatic carbocycles. The Balaban J connectivity index is 2.04. The van der Waals surface area contributed by atoms with Crippen LogP contribution in [0, 0.1) is 17.1 Å². The fourth-order valence-corrected chi connectivity index (χ4v) is 2.06. The normalized spacial score (nSPS) is 14.4. The van der Waals surface area contributed by atoms with Crippen molar-refractivity contribution in [3.63, 3.8) is 0 Å². The van der Waals surface area contributed by atoms with Crippen molar-refractivity contribution in [1.82, 2.24) is 4.90 Å². The van der Waals surface area contributed by atoms with Crippen LogP contribution in [-0.2, 0) is 11.3 Å². The Morgan fingerprint density at radius 1 is 1.53 bits per heavy atom. The van der Waals surface area contributed by atoms with Gasteiger partial charge in [0.2, 0.25) is 0 Å². The van der Waals surface area contributed by atoms with Crippen molar-refractivity contribution in [2.24, 2.45) is 0 Å². The van der Waals surface area contributed by atoms with Crippen LogP contribution in [0.25, 0.3) is 0 Å². The van der Waals surface area contributed by atoms with Crippen LogP contribution >= 0.6 is 0 Å². The Labute approximate surface area is 111 Å². The number of rotatable bonds is 6. The maximum absolute atomic E-state index is 13.2. The number of carboxylic acid groups (broad SMARTS) is 1. The molecule has 1 aromatic rings. The predicted octanol–water partition coefficient (Wildman–Crippen LogP) is 2.14. The van der Waals surface area contributed by atoms with Gasteiger partial charge >= 0.3 is 5.97 Å². The van der Waals surface area contributed by atoms with E-state index in [-0.39, 0.29) is 12.0 Å². The maximum Gasteiger partial charge on any atom is 0.304 e. The van der Waals surface area contributed by atoms with E-state index in [9.17, 15) is 9.18 Å². The lowest BCUT2D eigenvalue weighted by Gasteiger charge is -2.21. The highest BCUT2D eigenvalue weighted by molar-refractivity contribution is 5.66. The minimum atomic E-state index is -0.817. The Morgan fingerprint density at radius 3 is 2.84 bits per heavy atom. The van der Waals surface area contributed by atoms with E-state index >= 15 is 0 Å². The molecule has 4 nitrogen and oxygen atoms in total. The lowest BCUT2D eigenvalue weighted by Crippen LogP contribution is -2.28. The Bertz CT molecular complexity index is 521. The third-order valence-corrected chi connectivity index (χ3v) is 3.21. The molecule has 0 radical (unpaired) electrons. The minimum Gasteiger partial charge on any atom is -0.481 e. The summed E-state index contributed by atoms with van der Waals surface area (Å²) < 4.78 is 13.2. The first-order valence-electron chi connectivity index (χ1n) is 6.24. The summed E-state index contributed by atoms with van der Waals surface area (Å²) in [5.41, 5.74) is 0.877. The molecule has 0 unspecified atom stereocenters. The van der Waals surface area contributed by atoms with Gasteiger partial charge in [-0.2, -0.15) is 5.26 Å².